The first-order valence-corrected chi connectivity index (χ1v) is 8.65. The molecule has 0 unspecified atom stereocenters. The number of hydrogen-bond donors (Lipinski definition) is 0. The Balaban J connectivity index is 1.41. The third-order valence-corrected chi connectivity index (χ3v) is 4.97. The van der Waals surface area contributed by atoms with Gasteiger partial charge in [-0.2, -0.15) is 10.1 Å². The van der Waals surface area contributed by atoms with Crippen molar-refractivity contribution in [2.24, 2.45) is 0 Å². The molecule has 2 saturated heterocycles. The highest BCUT2D eigenvalue weighted by Crippen LogP contribution is 2.28. The Morgan fingerprint density at radius 2 is 2.00 bits per heavy atom. The van der Waals surface area contributed by atoms with Gasteiger partial charge in [0.25, 0.3) is 11.8 Å². The molecule has 0 atom stereocenters. The van der Waals surface area contributed by atoms with E-state index in [1.54, 1.807) is 4.90 Å². The molecule has 0 N–H and O–H groups in total. The summed E-state index contributed by atoms with van der Waals surface area (Å²) in [5.41, 5.74) is 1.90. The fraction of sp³-hybridized carbons (Fsp3) is 0.412. The van der Waals surface area contributed by atoms with Gasteiger partial charge < -0.3 is 19.1 Å². The van der Waals surface area contributed by atoms with Crippen LogP contribution in [-0.4, -0.2) is 70.6 Å². The summed E-state index contributed by atoms with van der Waals surface area (Å²) in [5.74, 6) is 1.05. The lowest BCUT2D eigenvalue weighted by molar-refractivity contribution is -0.118. The van der Waals surface area contributed by atoms with Crippen LogP contribution in [0.4, 0.5) is 5.95 Å². The van der Waals surface area contributed by atoms with Gasteiger partial charge in [0.15, 0.2) is 0 Å². The molecule has 0 spiro atoms. The summed E-state index contributed by atoms with van der Waals surface area (Å²) in [6, 6.07) is 6.30. The molecular formula is C17H18N6O3. The number of benzene rings is 1. The monoisotopic (exact) mass is 354 g/mol. The molecule has 2 aliphatic heterocycles. The van der Waals surface area contributed by atoms with Gasteiger partial charge in [0.05, 0.1) is 31.0 Å². The Labute approximate surface area is 149 Å². The Bertz CT molecular complexity index is 939. The van der Waals surface area contributed by atoms with Crippen LogP contribution in [0.15, 0.2) is 28.9 Å². The fourth-order valence-electron chi connectivity index (χ4n) is 3.32. The second kappa shape index (κ2) is 6.10. The molecule has 0 bridgehead atoms. The zero-order valence-corrected chi connectivity index (χ0v) is 14.1. The van der Waals surface area contributed by atoms with Crippen LogP contribution in [0.3, 0.4) is 0 Å². The second-order valence-corrected chi connectivity index (χ2v) is 6.58. The maximum absolute atomic E-state index is 10.8. The predicted molar refractivity (Wildman–Crippen MR) is 92.7 cm³/mol. The molecule has 3 aromatic rings. The van der Waals surface area contributed by atoms with Crippen molar-refractivity contribution >= 4 is 23.3 Å². The number of amides is 1. The Hall–Kier alpha value is -2.94. The molecule has 1 amide bonds. The molecule has 0 saturated carbocycles. The molecule has 0 aliphatic carbocycles. The van der Waals surface area contributed by atoms with Crippen molar-refractivity contribution < 1.29 is 14.1 Å². The molecule has 4 heterocycles. The summed E-state index contributed by atoms with van der Waals surface area (Å²) in [6.07, 6.45) is 2.74. The lowest BCUT2D eigenvalue weighted by Gasteiger charge is -2.31. The standard InChI is InChI=1S/C17H18N6O3/c24-11-21-3-5-22(6-4-21)17-19-16(26-20-17)12-1-2-13-8-18-23(15(13)7-12)14-9-25-10-14/h1-2,7-8,11,14H,3-6,9-10H2. The molecule has 5 rings (SSSR count). The number of rotatable bonds is 4. The largest absolute Gasteiger partial charge is 0.377 e. The van der Waals surface area contributed by atoms with Crippen LogP contribution in [0.1, 0.15) is 6.04 Å². The summed E-state index contributed by atoms with van der Waals surface area (Å²) in [6.45, 7) is 4.12. The molecule has 26 heavy (non-hydrogen) atoms. The second-order valence-electron chi connectivity index (χ2n) is 6.58. The van der Waals surface area contributed by atoms with Gasteiger partial charge in [0.1, 0.15) is 0 Å². The van der Waals surface area contributed by atoms with Crippen molar-refractivity contribution in [2.45, 2.75) is 6.04 Å². The van der Waals surface area contributed by atoms with Gasteiger partial charge in [0, 0.05) is 37.1 Å². The zero-order chi connectivity index (χ0) is 17.5. The molecule has 2 aliphatic rings. The first kappa shape index (κ1) is 15.3. The maximum Gasteiger partial charge on any atom is 0.266 e. The van der Waals surface area contributed by atoms with Gasteiger partial charge in [-0.1, -0.05) is 6.07 Å². The van der Waals surface area contributed by atoms with Crippen molar-refractivity contribution in [2.75, 3.05) is 44.3 Å². The number of carbonyl (C=O) groups is 1. The molecular weight excluding hydrogens is 336 g/mol. The van der Waals surface area contributed by atoms with Gasteiger partial charge >= 0.3 is 0 Å². The summed E-state index contributed by atoms with van der Waals surface area (Å²) in [4.78, 5) is 19.1. The summed E-state index contributed by atoms with van der Waals surface area (Å²) in [7, 11) is 0. The first-order valence-electron chi connectivity index (χ1n) is 8.65. The van der Waals surface area contributed by atoms with Gasteiger partial charge in [0.2, 0.25) is 6.41 Å². The fourth-order valence-corrected chi connectivity index (χ4v) is 3.32. The van der Waals surface area contributed by atoms with Crippen molar-refractivity contribution in [3.05, 3.63) is 24.4 Å². The normalized spacial score (nSPS) is 18.3. The van der Waals surface area contributed by atoms with E-state index >= 15 is 0 Å². The van der Waals surface area contributed by atoms with E-state index in [2.05, 4.69) is 15.2 Å². The minimum absolute atomic E-state index is 0.287. The van der Waals surface area contributed by atoms with Gasteiger partial charge in [-0.05, 0) is 17.3 Å². The Morgan fingerprint density at radius 3 is 2.73 bits per heavy atom. The SMILES string of the molecule is O=CN1CCN(c2noc(-c3ccc4cnn(C5COC5)c4c3)n2)CC1. The lowest BCUT2D eigenvalue weighted by atomic mass is 10.1. The van der Waals surface area contributed by atoms with Gasteiger partial charge in [-0.25, -0.2) is 0 Å². The van der Waals surface area contributed by atoms with Crippen molar-refractivity contribution in [1.29, 1.82) is 0 Å². The molecule has 2 fully saturated rings. The molecule has 0 radical (unpaired) electrons. The van der Waals surface area contributed by atoms with Crippen LogP contribution in [0, 0.1) is 0 Å². The molecule has 1 aromatic carbocycles. The third-order valence-electron chi connectivity index (χ3n) is 4.97. The zero-order valence-electron chi connectivity index (χ0n) is 14.1. The van der Waals surface area contributed by atoms with Crippen LogP contribution in [0.2, 0.25) is 0 Å². The van der Waals surface area contributed by atoms with E-state index in [1.807, 2.05) is 34.0 Å². The average molecular weight is 354 g/mol. The topological polar surface area (TPSA) is 89.5 Å². The Kier molecular flexibility index (Phi) is 3.59. The predicted octanol–water partition coefficient (Wildman–Crippen LogP) is 0.936. The minimum atomic E-state index is 0.287. The number of nitrogens with zero attached hydrogens (tertiary/aromatic N) is 6. The van der Waals surface area contributed by atoms with E-state index in [0.717, 1.165) is 22.9 Å². The summed E-state index contributed by atoms with van der Waals surface area (Å²) in [5, 5.41) is 9.66. The van der Waals surface area contributed by atoms with E-state index in [1.165, 1.54) is 0 Å². The summed E-state index contributed by atoms with van der Waals surface area (Å²) < 4.78 is 12.8. The van der Waals surface area contributed by atoms with Crippen LogP contribution >= 0.6 is 0 Å². The number of carbonyl (C=O) groups excluding carboxylic acids is 1. The number of aromatic nitrogens is 4. The van der Waals surface area contributed by atoms with Crippen LogP contribution in [0.25, 0.3) is 22.4 Å². The van der Waals surface area contributed by atoms with Crippen molar-refractivity contribution in [3.8, 4) is 11.5 Å². The number of piperazine rings is 1. The van der Waals surface area contributed by atoms with E-state index in [9.17, 15) is 4.79 Å². The summed E-state index contributed by atoms with van der Waals surface area (Å²) >= 11 is 0. The highest BCUT2D eigenvalue weighted by molar-refractivity contribution is 5.83. The molecule has 2 aromatic heterocycles. The van der Waals surface area contributed by atoms with Gasteiger partial charge in [-0.15, -0.1) is 0 Å². The lowest BCUT2D eigenvalue weighted by Crippen LogP contribution is -2.46. The van der Waals surface area contributed by atoms with E-state index in [0.29, 0.717) is 51.2 Å². The van der Waals surface area contributed by atoms with E-state index in [4.69, 9.17) is 9.26 Å². The van der Waals surface area contributed by atoms with E-state index < -0.39 is 0 Å². The molecule has 9 nitrogen and oxygen atoms in total. The quantitative estimate of drug-likeness (QED) is 0.644. The van der Waals surface area contributed by atoms with E-state index in [-0.39, 0.29) is 6.04 Å². The van der Waals surface area contributed by atoms with Crippen molar-refractivity contribution in [3.63, 3.8) is 0 Å². The number of anilines is 1. The smallest absolute Gasteiger partial charge is 0.266 e. The highest BCUT2D eigenvalue weighted by atomic mass is 16.5. The number of ether oxygens (including phenoxy) is 1. The van der Waals surface area contributed by atoms with Gasteiger partial charge in [-0.3, -0.25) is 9.48 Å². The maximum atomic E-state index is 10.8. The van der Waals surface area contributed by atoms with Crippen LogP contribution < -0.4 is 4.90 Å². The molecule has 134 valence electrons. The minimum Gasteiger partial charge on any atom is -0.377 e. The molecule has 9 heteroatoms. The van der Waals surface area contributed by atoms with Crippen molar-refractivity contribution in [1.82, 2.24) is 24.8 Å². The highest BCUT2D eigenvalue weighted by Gasteiger charge is 2.24. The average Bonchev–Trinajstić information content (AvgIpc) is 3.28. The van der Waals surface area contributed by atoms with Crippen LogP contribution in [0.5, 0.6) is 0 Å². The first-order chi connectivity index (χ1) is 12.8. The third kappa shape index (κ3) is 2.51. The number of fused-ring (bicyclic) bond motifs is 1. The number of hydrogen-bond acceptors (Lipinski definition) is 7. The van der Waals surface area contributed by atoms with Crippen LogP contribution in [-0.2, 0) is 9.53 Å². The Morgan fingerprint density at radius 1 is 1.15 bits per heavy atom.